The van der Waals surface area contributed by atoms with Crippen LogP contribution in [0.2, 0.25) is 0 Å². The van der Waals surface area contributed by atoms with Crippen LogP contribution in [0.3, 0.4) is 0 Å². The van der Waals surface area contributed by atoms with Crippen molar-refractivity contribution in [2.24, 2.45) is 14.1 Å². The Bertz CT molecular complexity index is 810. The number of hydrogen-bond acceptors (Lipinski definition) is 4. The van der Waals surface area contributed by atoms with Gasteiger partial charge in [0, 0.05) is 27.1 Å². The summed E-state index contributed by atoms with van der Waals surface area (Å²) in [5.41, 5.74) is -0.183. The summed E-state index contributed by atoms with van der Waals surface area (Å²) in [6, 6.07) is 0. The molecular weight excluding hydrogens is 250 g/mol. The highest BCUT2D eigenvalue weighted by Gasteiger charge is 2.22. The first kappa shape index (κ1) is 11.7. The number of nitrogens with zero attached hydrogens (tertiary/aromatic N) is 4. The highest BCUT2D eigenvalue weighted by atomic mass is 16.2. The molecule has 0 saturated carbocycles. The number of carbonyl (C=O) groups excluding carboxylic acids is 1. The van der Waals surface area contributed by atoms with Crippen LogP contribution in [0.15, 0.2) is 9.59 Å². The fourth-order valence-corrected chi connectivity index (χ4v) is 2.34. The Morgan fingerprint density at radius 2 is 1.89 bits per heavy atom. The zero-order valence-electron chi connectivity index (χ0n) is 10.6. The lowest BCUT2D eigenvalue weighted by Crippen LogP contribution is -2.37. The first-order chi connectivity index (χ1) is 9.00. The van der Waals surface area contributed by atoms with Crippen LogP contribution in [-0.4, -0.2) is 24.6 Å². The Morgan fingerprint density at radius 3 is 2.63 bits per heavy atom. The fraction of sp³-hybridized carbons (Fsp3) is 0.455. The number of amides is 1. The Balaban J connectivity index is 2.46. The van der Waals surface area contributed by atoms with E-state index in [1.807, 2.05) is 0 Å². The number of nitrogens with one attached hydrogen (secondary N) is 1. The quantitative estimate of drug-likeness (QED) is 0.671. The number of rotatable bonds is 0. The lowest BCUT2D eigenvalue weighted by atomic mass is 10.3. The first-order valence-corrected chi connectivity index (χ1v) is 5.97. The van der Waals surface area contributed by atoms with E-state index >= 15 is 0 Å². The number of hydrogen-bond donors (Lipinski definition) is 1. The van der Waals surface area contributed by atoms with Crippen molar-refractivity contribution in [3.05, 3.63) is 20.8 Å². The maximum Gasteiger partial charge on any atom is 0.332 e. The van der Waals surface area contributed by atoms with Gasteiger partial charge in [-0.05, 0) is 6.42 Å². The molecule has 0 aliphatic carbocycles. The summed E-state index contributed by atoms with van der Waals surface area (Å²) in [7, 11) is 2.98. The molecule has 0 atom stereocenters. The molecule has 1 N–H and O–H groups in total. The van der Waals surface area contributed by atoms with Gasteiger partial charge in [-0.15, -0.1) is 0 Å². The van der Waals surface area contributed by atoms with Crippen LogP contribution in [0.1, 0.15) is 12.8 Å². The predicted molar refractivity (Wildman–Crippen MR) is 68.1 cm³/mol. The molecule has 3 rings (SSSR count). The van der Waals surface area contributed by atoms with Crippen LogP contribution >= 0.6 is 0 Å². The molecule has 3 heterocycles. The molecule has 0 radical (unpaired) electrons. The highest BCUT2D eigenvalue weighted by molar-refractivity contribution is 5.91. The van der Waals surface area contributed by atoms with Gasteiger partial charge in [0.15, 0.2) is 11.2 Å². The first-order valence-electron chi connectivity index (χ1n) is 5.97. The van der Waals surface area contributed by atoms with Crippen LogP contribution in [0.5, 0.6) is 0 Å². The number of fused-ring (bicyclic) bond motifs is 3. The Kier molecular flexibility index (Phi) is 2.34. The van der Waals surface area contributed by atoms with Crippen LogP contribution in [0.25, 0.3) is 11.2 Å². The monoisotopic (exact) mass is 263 g/mol. The molecule has 19 heavy (non-hydrogen) atoms. The van der Waals surface area contributed by atoms with Crippen molar-refractivity contribution in [3.8, 4) is 0 Å². The standard InChI is InChI=1S/C11H13N5O3/c1-14-8-7(9(18)15(2)11(14)19)16-5-3-4-6(17)12-10(16)13-8/h3-5H2,1-2H3,(H,12,13,17). The van der Waals surface area contributed by atoms with Gasteiger partial charge in [0.05, 0.1) is 0 Å². The summed E-state index contributed by atoms with van der Waals surface area (Å²) in [5.74, 6) is 0.201. The van der Waals surface area contributed by atoms with Crippen molar-refractivity contribution in [2.75, 3.05) is 5.32 Å². The molecule has 0 aromatic carbocycles. The second kappa shape index (κ2) is 3.81. The van der Waals surface area contributed by atoms with E-state index in [0.717, 1.165) is 4.57 Å². The predicted octanol–water partition coefficient (Wildman–Crippen LogP) is -0.834. The molecule has 1 aliphatic rings. The van der Waals surface area contributed by atoms with Gasteiger partial charge in [0.2, 0.25) is 11.9 Å². The van der Waals surface area contributed by atoms with Crippen molar-refractivity contribution in [2.45, 2.75) is 19.4 Å². The molecule has 2 aromatic rings. The van der Waals surface area contributed by atoms with E-state index in [2.05, 4.69) is 10.3 Å². The molecule has 8 nitrogen and oxygen atoms in total. The van der Waals surface area contributed by atoms with Crippen molar-refractivity contribution in [1.82, 2.24) is 18.7 Å². The Morgan fingerprint density at radius 1 is 1.16 bits per heavy atom. The minimum atomic E-state index is -0.433. The number of aromatic nitrogens is 4. The third kappa shape index (κ3) is 1.52. The van der Waals surface area contributed by atoms with Crippen molar-refractivity contribution in [3.63, 3.8) is 0 Å². The Hall–Kier alpha value is -2.38. The van der Waals surface area contributed by atoms with Gasteiger partial charge < -0.3 is 4.57 Å². The van der Waals surface area contributed by atoms with Crippen molar-refractivity contribution < 1.29 is 4.79 Å². The van der Waals surface area contributed by atoms with E-state index in [1.165, 1.54) is 11.6 Å². The van der Waals surface area contributed by atoms with E-state index in [1.54, 1.807) is 11.6 Å². The average molecular weight is 263 g/mol. The van der Waals surface area contributed by atoms with Crippen LogP contribution in [0, 0.1) is 0 Å². The van der Waals surface area contributed by atoms with Gasteiger partial charge in [0.25, 0.3) is 5.56 Å². The van der Waals surface area contributed by atoms with Crippen LogP contribution < -0.4 is 16.6 Å². The summed E-state index contributed by atoms with van der Waals surface area (Å²) in [6.45, 7) is 0.526. The summed E-state index contributed by atoms with van der Waals surface area (Å²) >= 11 is 0. The van der Waals surface area contributed by atoms with Gasteiger partial charge in [-0.1, -0.05) is 0 Å². The molecular formula is C11H13N5O3. The molecule has 1 aliphatic heterocycles. The summed E-state index contributed by atoms with van der Waals surface area (Å²) in [5, 5.41) is 2.65. The minimum absolute atomic E-state index is 0.129. The van der Waals surface area contributed by atoms with Gasteiger partial charge in [0.1, 0.15) is 0 Å². The molecule has 1 amide bonds. The lowest BCUT2D eigenvalue weighted by molar-refractivity contribution is -0.116. The van der Waals surface area contributed by atoms with Gasteiger partial charge in [-0.3, -0.25) is 24.0 Å². The van der Waals surface area contributed by atoms with Crippen molar-refractivity contribution >= 4 is 23.0 Å². The van der Waals surface area contributed by atoms with E-state index in [4.69, 9.17) is 0 Å². The second-order valence-electron chi connectivity index (χ2n) is 4.62. The molecule has 0 spiro atoms. The van der Waals surface area contributed by atoms with Gasteiger partial charge >= 0.3 is 5.69 Å². The topological polar surface area (TPSA) is 90.9 Å². The van der Waals surface area contributed by atoms with Gasteiger partial charge in [-0.25, -0.2) is 4.79 Å². The number of aryl methyl sites for hydroxylation is 2. The second-order valence-corrected chi connectivity index (χ2v) is 4.62. The van der Waals surface area contributed by atoms with E-state index < -0.39 is 11.2 Å². The normalized spacial score (nSPS) is 15.2. The average Bonchev–Trinajstić information content (AvgIpc) is 2.63. The fourth-order valence-electron chi connectivity index (χ4n) is 2.34. The maximum atomic E-state index is 12.2. The number of imidazole rings is 1. The van der Waals surface area contributed by atoms with E-state index in [9.17, 15) is 14.4 Å². The van der Waals surface area contributed by atoms with Crippen LogP contribution in [0.4, 0.5) is 5.95 Å². The highest BCUT2D eigenvalue weighted by Crippen LogP contribution is 2.19. The molecule has 0 fully saturated rings. The molecule has 0 saturated heterocycles. The van der Waals surface area contributed by atoms with Crippen molar-refractivity contribution in [1.29, 1.82) is 0 Å². The zero-order chi connectivity index (χ0) is 13.7. The smallest absolute Gasteiger partial charge is 0.304 e. The molecule has 100 valence electrons. The third-order valence-corrected chi connectivity index (χ3v) is 3.38. The van der Waals surface area contributed by atoms with E-state index in [0.29, 0.717) is 36.5 Å². The summed E-state index contributed by atoms with van der Waals surface area (Å²) in [6.07, 6.45) is 1.03. The maximum absolute atomic E-state index is 12.2. The molecule has 0 bridgehead atoms. The summed E-state index contributed by atoms with van der Waals surface area (Å²) < 4.78 is 4.02. The molecule has 2 aromatic heterocycles. The Labute approximate surface area is 107 Å². The number of anilines is 1. The molecule has 8 heteroatoms. The van der Waals surface area contributed by atoms with Gasteiger partial charge in [-0.2, -0.15) is 4.98 Å². The molecule has 0 unspecified atom stereocenters. The minimum Gasteiger partial charge on any atom is -0.304 e. The third-order valence-electron chi connectivity index (χ3n) is 3.38. The lowest BCUT2D eigenvalue weighted by Gasteiger charge is -2.05. The SMILES string of the molecule is Cn1c(=O)c2c(nc3n2CCCC(=O)N3)n(C)c1=O. The van der Waals surface area contributed by atoms with E-state index in [-0.39, 0.29) is 5.91 Å². The zero-order valence-corrected chi connectivity index (χ0v) is 10.6. The number of carbonyl (C=O) groups is 1. The summed E-state index contributed by atoms with van der Waals surface area (Å²) in [4.78, 5) is 39.8. The largest absolute Gasteiger partial charge is 0.332 e. The van der Waals surface area contributed by atoms with Crippen LogP contribution in [-0.2, 0) is 25.4 Å².